The van der Waals surface area contributed by atoms with E-state index in [-0.39, 0.29) is 0 Å². The maximum Gasteiger partial charge on any atom is 0.118 e. The zero-order valence-corrected chi connectivity index (χ0v) is 13.7. The minimum absolute atomic E-state index is 0.734. The number of anilines is 1. The average molecular weight is 361 g/mol. The van der Waals surface area contributed by atoms with Crippen molar-refractivity contribution in [3.8, 4) is 5.75 Å². The molecule has 0 radical (unpaired) electrons. The van der Waals surface area contributed by atoms with Crippen LogP contribution in [0.15, 0.2) is 62.9 Å². The van der Waals surface area contributed by atoms with Gasteiger partial charge in [-0.15, -0.1) is 0 Å². The molecule has 0 aliphatic carbocycles. The summed E-state index contributed by atoms with van der Waals surface area (Å²) in [5, 5.41) is 0.961. The maximum absolute atomic E-state index is 6.04. The summed E-state index contributed by atoms with van der Waals surface area (Å²) in [6.45, 7) is 0. The zero-order chi connectivity index (χ0) is 14.8. The van der Waals surface area contributed by atoms with Gasteiger partial charge in [-0.3, -0.25) is 4.98 Å². The number of methoxy groups -OCH3 is 1. The Labute approximate surface area is 135 Å². The van der Waals surface area contributed by atoms with Gasteiger partial charge in [0.05, 0.1) is 12.6 Å². The minimum atomic E-state index is 0.734. The van der Waals surface area contributed by atoms with Gasteiger partial charge < -0.3 is 10.5 Å². The Bertz CT molecular complexity index is 790. The third-order valence-electron chi connectivity index (χ3n) is 3.10. The predicted octanol–water partition coefficient (Wildman–Crippen LogP) is 4.74. The Balaban J connectivity index is 2.02. The molecule has 5 heteroatoms. The van der Waals surface area contributed by atoms with Crippen molar-refractivity contribution in [2.75, 3.05) is 12.8 Å². The zero-order valence-electron chi connectivity index (χ0n) is 11.3. The van der Waals surface area contributed by atoms with E-state index in [9.17, 15) is 0 Å². The number of fused-ring (bicyclic) bond motifs is 1. The van der Waals surface area contributed by atoms with Gasteiger partial charge in [0.2, 0.25) is 0 Å². The van der Waals surface area contributed by atoms with Crippen molar-refractivity contribution in [2.45, 2.75) is 9.79 Å². The van der Waals surface area contributed by atoms with Gasteiger partial charge in [-0.2, -0.15) is 0 Å². The van der Waals surface area contributed by atoms with Gasteiger partial charge >= 0.3 is 0 Å². The van der Waals surface area contributed by atoms with Crippen LogP contribution >= 0.6 is 27.7 Å². The summed E-state index contributed by atoms with van der Waals surface area (Å²) in [5.74, 6) is 0.851. The van der Waals surface area contributed by atoms with Gasteiger partial charge in [0, 0.05) is 31.5 Å². The van der Waals surface area contributed by atoms with Gasteiger partial charge in [0.1, 0.15) is 5.75 Å². The second kappa shape index (κ2) is 5.95. The number of nitrogens with zero attached hydrogens (tertiary/aromatic N) is 1. The van der Waals surface area contributed by atoms with Crippen LogP contribution in [-0.2, 0) is 0 Å². The first-order chi connectivity index (χ1) is 10.2. The Kier molecular flexibility index (Phi) is 4.03. The first-order valence-electron chi connectivity index (χ1n) is 6.33. The Morgan fingerprint density at radius 2 is 1.90 bits per heavy atom. The molecule has 3 aromatic rings. The highest BCUT2D eigenvalue weighted by molar-refractivity contribution is 9.10. The number of aromatic nitrogens is 1. The van der Waals surface area contributed by atoms with Crippen LogP contribution in [0.4, 0.5) is 5.69 Å². The SMILES string of the molecule is COc1ccc(Sc2ccc(N)c3cc(Br)cnc23)cc1. The molecule has 3 nitrogen and oxygen atoms in total. The van der Waals surface area contributed by atoms with E-state index in [1.807, 2.05) is 42.5 Å². The molecule has 0 aliphatic rings. The Morgan fingerprint density at radius 3 is 2.62 bits per heavy atom. The van der Waals surface area contributed by atoms with E-state index in [1.165, 1.54) is 0 Å². The van der Waals surface area contributed by atoms with Gasteiger partial charge in [0.25, 0.3) is 0 Å². The summed E-state index contributed by atoms with van der Waals surface area (Å²) in [6.07, 6.45) is 1.79. The van der Waals surface area contributed by atoms with Crippen molar-refractivity contribution in [1.29, 1.82) is 0 Å². The summed E-state index contributed by atoms with van der Waals surface area (Å²) in [7, 11) is 1.66. The van der Waals surface area contributed by atoms with E-state index in [0.29, 0.717) is 0 Å². The van der Waals surface area contributed by atoms with E-state index >= 15 is 0 Å². The van der Waals surface area contributed by atoms with Crippen LogP contribution < -0.4 is 10.5 Å². The average Bonchev–Trinajstić information content (AvgIpc) is 2.51. The molecule has 0 spiro atoms. The van der Waals surface area contributed by atoms with Crippen LogP contribution in [0, 0.1) is 0 Å². The molecular formula is C16H13BrN2OS. The molecule has 0 saturated carbocycles. The van der Waals surface area contributed by atoms with Crippen molar-refractivity contribution in [2.24, 2.45) is 0 Å². The van der Waals surface area contributed by atoms with E-state index in [0.717, 1.165) is 36.6 Å². The predicted molar refractivity (Wildman–Crippen MR) is 91.0 cm³/mol. The third kappa shape index (κ3) is 2.99. The standard InChI is InChI=1S/C16H13BrN2OS/c1-20-11-2-4-12(5-3-11)21-15-7-6-14(18)13-8-10(17)9-19-16(13)15/h2-9H,18H2,1H3. The Hall–Kier alpha value is -1.72. The van der Waals surface area contributed by atoms with Crippen LogP contribution in [0.1, 0.15) is 0 Å². The smallest absolute Gasteiger partial charge is 0.118 e. The highest BCUT2D eigenvalue weighted by Gasteiger charge is 2.08. The molecule has 0 aliphatic heterocycles. The number of benzene rings is 2. The van der Waals surface area contributed by atoms with E-state index in [4.69, 9.17) is 10.5 Å². The lowest BCUT2D eigenvalue weighted by atomic mass is 10.2. The number of rotatable bonds is 3. The second-order valence-electron chi connectivity index (χ2n) is 4.48. The van der Waals surface area contributed by atoms with E-state index in [2.05, 4.69) is 20.9 Å². The lowest BCUT2D eigenvalue weighted by Crippen LogP contribution is -1.90. The molecule has 0 fully saturated rings. The first-order valence-corrected chi connectivity index (χ1v) is 7.94. The lowest BCUT2D eigenvalue weighted by molar-refractivity contribution is 0.414. The van der Waals surface area contributed by atoms with Crippen molar-refractivity contribution >= 4 is 44.3 Å². The molecule has 2 aromatic carbocycles. The molecule has 0 amide bonds. The summed E-state index contributed by atoms with van der Waals surface area (Å²) in [4.78, 5) is 6.71. The van der Waals surface area contributed by atoms with Gasteiger partial charge in [-0.1, -0.05) is 11.8 Å². The number of nitrogens with two attached hydrogens (primary N) is 1. The molecule has 0 atom stereocenters. The molecule has 3 rings (SSSR count). The third-order valence-corrected chi connectivity index (χ3v) is 4.59. The molecule has 0 bridgehead atoms. The maximum atomic E-state index is 6.04. The summed E-state index contributed by atoms with van der Waals surface area (Å²) in [6, 6.07) is 13.9. The number of halogens is 1. The molecule has 1 heterocycles. The van der Waals surface area contributed by atoms with Gasteiger partial charge in [-0.05, 0) is 58.4 Å². The van der Waals surface area contributed by atoms with Crippen LogP contribution in [0.25, 0.3) is 10.9 Å². The normalized spacial score (nSPS) is 10.8. The molecule has 21 heavy (non-hydrogen) atoms. The van der Waals surface area contributed by atoms with Crippen LogP contribution in [0.2, 0.25) is 0 Å². The molecule has 106 valence electrons. The van der Waals surface area contributed by atoms with Crippen LogP contribution in [0.5, 0.6) is 5.75 Å². The highest BCUT2D eigenvalue weighted by atomic mass is 79.9. The summed E-state index contributed by atoms with van der Waals surface area (Å²) >= 11 is 5.10. The quantitative estimate of drug-likeness (QED) is 0.685. The second-order valence-corrected chi connectivity index (χ2v) is 6.51. The van der Waals surface area contributed by atoms with Crippen LogP contribution in [0.3, 0.4) is 0 Å². The number of hydrogen-bond acceptors (Lipinski definition) is 4. The molecule has 1 aromatic heterocycles. The van der Waals surface area contributed by atoms with Gasteiger partial charge in [0.15, 0.2) is 0 Å². The fourth-order valence-corrected chi connectivity index (χ4v) is 3.30. The fourth-order valence-electron chi connectivity index (χ4n) is 2.04. The highest BCUT2D eigenvalue weighted by Crippen LogP contribution is 2.36. The van der Waals surface area contributed by atoms with Crippen molar-refractivity contribution < 1.29 is 4.74 Å². The monoisotopic (exact) mass is 360 g/mol. The lowest BCUT2D eigenvalue weighted by Gasteiger charge is -2.08. The van der Waals surface area contributed by atoms with Crippen LogP contribution in [-0.4, -0.2) is 12.1 Å². The molecule has 0 saturated heterocycles. The molecule has 2 N–H and O–H groups in total. The molecule has 0 unspecified atom stereocenters. The number of pyridine rings is 1. The first kappa shape index (κ1) is 14.2. The molecular weight excluding hydrogens is 348 g/mol. The summed E-state index contributed by atoms with van der Waals surface area (Å²) in [5.41, 5.74) is 7.69. The van der Waals surface area contributed by atoms with E-state index in [1.54, 1.807) is 25.1 Å². The number of nitrogen functional groups attached to an aromatic ring is 1. The summed E-state index contributed by atoms with van der Waals surface area (Å²) < 4.78 is 6.10. The number of hydrogen-bond donors (Lipinski definition) is 1. The van der Waals surface area contributed by atoms with Gasteiger partial charge in [-0.25, -0.2) is 0 Å². The largest absolute Gasteiger partial charge is 0.497 e. The van der Waals surface area contributed by atoms with Crippen molar-refractivity contribution in [3.63, 3.8) is 0 Å². The topological polar surface area (TPSA) is 48.1 Å². The fraction of sp³-hybridized carbons (Fsp3) is 0.0625. The van der Waals surface area contributed by atoms with Crippen molar-refractivity contribution in [3.05, 3.63) is 53.1 Å². The minimum Gasteiger partial charge on any atom is -0.497 e. The number of ether oxygens (including phenoxy) is 1. The van der Waals surface area contributed by atoms with Crippen molar-refractivity contribution in [1.82, 2.24) is 4.98 Å². The van der Waals surface area contributed by atoms with E-state index < -0.39 is 0 Å². The Morgan fingerprint density at radius 1 is 1.14 bits per heavy atom.